The van der Waals surface area contributed by atoms with Gasteiger partial charge in [-0.25, -0.2) is 0 Å². The van der Waals surface area contributed by atoms with Gasteiger partial charge in [-0.1, -0.05) is 29.3 Å². The number of hydrogen-bond donors (Lipinski definition) is 3. The smallest absolute Gasteiger partial charge is 0.217 e. The fourth-order valence-corrected chi connectivity index (χ4v) is 2.18. The molecular weight excluding hydrogens is 315 g/mol. The van der Waals surface area contributed by atoms with Crippen molar-refractivity contribution < 1.29 is 14.6 Å². The third-order valence-corrected chi connectivity index (χ3v) is 3.34. The summed E-state index contributed by atoms with van der Waals surface area (Å²) in [6, 6.07) is 5.07. The van der Waals surface area contributed by atoms with Crippen LogP contribution in [0.5, 0.6) is 5.75 Å². The van der Waals surface area contributed by atoms with E-state index in [1.807, 2.05) is 0 Å². The lowest BCUT2D eigenvalue weighted by Gasteiger charge is -2.14. The molecule has 0 aliphatic carbocycles. The Kier molecular flexibility index (Phi) is 8.45. The molecule has 0 heterocycles. The number of nitrogens with one attached hydrogen (secondary N) is 1. The average Bonchev–Trinajstić information content (AvgIpc) is 2.41. The predicted octanol–water partition coefficient (Wildman–Crippen LogP) is 1.98. The molecule has 0 radical (unpaired) electrons. The summed E-state index contributed by atoms with van der Waals surface area (Å²) in [6.07, 6.45) is 1.28. The van der Waals surface area contributed by atoms with Crippen molar-refractivity contribution in [3.8, 4) is 5.75 Å². The fourth-order valence-electron chi connectivity index (χ4n) is 1.68. The Balaban J connectivity index is 2.17. The zero-order valence-corrected chi connectivity index (χ0v) is 13.2. The number of nitrogens with two attached hydrogens (primary N) is 1. The number of aliphatic hydroxyl groups excluding tert-OH is 1. The molecule has 0 aliphatic rings. The van der Waals surface area contributed by atoms with Gasteiger partial charge in [-0.15, -0.1) is 0 Å². The van der Waals surface area contributed by atoms with E-state index in [0.717, 1.165) is 12.8 Å². The summed E-state index contributed by atoms with van der Waals surface area (Å²) in [4.78, 5) is 10.5. The first-order chi connectivity index (χ1) is 10.0. The van der Waals surface area contributed by atoms with Gasteiger partial charge in [-0.2, -0.15) is 0 Å². The lowest BCUT2D eigenvalue weighted by Crippen LogP contribution is -2.32. The maximum absolute atomic E-state index is 10.5. The number of unbranched alkanes of at least 4 members (excludes halogenated alkanes) is 1. The van der Waals surface area contributed by atoms with E-state index in [9.17, 15) is 9.90 Å². The van der Waals surface area contributed by atoms with E-state index in [1.54, 1.807) is 18.2 Å². The van der Waals surface area contributed by atoms with Crippen LogP contribution in [0.3, 0.4) is 0 Å². The molecule has 1 rings (SSSR count). The molecule has 0 saturated heterocycles. The molecule has 1 amide bonds. The van der Waals surface area contributed by atoms with Crippen LogP contribution in [0.1, 0.15) is 19.3 Å². The first-order valence-electron chi connectivity index (χ1n) is 6.74. The van der Waals surface area contributed by atoms with Crippen molar-refractivity contribution in [3.63, 3.8) is 0 Å². The van der Waals surface area contributed by atoms with Gasteiger partial charge in [0.05, 0.1) is 10.0 Å². The molecule has 118 valence electrons. The normalized spacial score (nSPS) is 12.1. The van der Waals surface area contributed by atoms with Gasteiger partial charge in [0.15, 0.2) is 5.75 Å². The summed E-state index contributed by atoms with van der Waals surface area (Å²) in [5.41, 5.74) is 5.04. The summed E-state index contributed by atoms with van der Waals surface area (Å²) >= 11 is 11.9. The number of amides is 1. The van der Waals surface area contributed by atoms with Gasteiger partial charge in [-0.3, -0.25) is 4.79 Å². The number of primary amides is 1. The Morgan fingerprint density at radius 2 is 2.00 bits per heavy atom. The van der Waals surface area contributed by atoms with Gasteiger partial charge in [0.25, 0.3) is 0 Å². The van der Waals surface area contributed by atoms with Crippen molar-refractivity contribution in [1.29, 1.82) is 0 Å². The summed E-state index contributed by atoms with van der Waals surface area (Å²) < 4.78 is 5.42. The van der Waals surface area contributed by atoms with Crippen molar-refractivity contribution >= 4 is 29.1 Å². The monoisotopic (exact) mass is 334 g/mol. The lowest BCUT2D eigenvalue weighted by atomic mass is 10.2. The van der Waals surface area contributed by atoms with Crippen LogP contribution in [-0.2, 0) is 4.79 Å². The quantitative estimate of drug-likeness (QED) is 0.571. The summed E-state index contributed by atoms with van der Waals surface area (Å²) in [5, 5.41) is 13.7. The highest BCUT2D eigenvalue weighted by molar-refractivity contribution is 6.37. The second-order valence-electron chi connectivity index (χ2n) is 4.64. The Morgan fingerprint density at radius 3 is 2.62 bits per heavy atom. The van der Waals surface area contributed by atoms with Gasteiger partial charge in [0.2, 0.25) is 5.91 Å². The van der Waals surface area contributed by atoms with Gasteiger partial charge in [-0.05, 0) is 31.5 Å². The van der Waals surface area contributed by atoms with Crippen LogP contribution in [0.4, 0.5) is 0 Å². The van der Waals surface area contributed by atoms with Crippen LogP contribution in [0.2, 0.25) is 10.0 Å². The number of benzene rings is 1. The molecule has 1 atom stereocenters. The zero-order chi connectivity index (χ0) is 15.7. The first-order valence-corrected chi connectivity index (χ1v) is 7.50. The molecule has 1 aromatic carbocycles. The van der Waals surface area contributed by atoms with E-state index >= 15 is 0 Å². The first kappa shape index (κ1) is 18.0. The predicted molar refractivity (Wildman–Crippen MR) is 83.9 cm³/mol. The molecule has 0 bridgehead atoms. The van der Waals surface area contributed by atoms with Crippen LogP contribution in [-0.4, -0.2) is 36.8 Å². The Labute approximate surface area is 134 Å². The maximum Gasteiger partial charge on any atom is 0.217 e. The summed E-state index contributed by atoms with van der Waals surface area (Å²) in [5.74, 6) is 0.0846. The molecule has 0 aliphatic heterocycles. The van der Waals surface area contributed by atoms with Crippen LogP contribution in [0.15, 0.2) is 18.2 Å². The van der Waals surface area contributed by atoms with Crippen LogP contribution in [0.25, 0.3) is 0 Å². The lowest BCUT2D eigenvalue weighted by molar-refractivity contribution is -0.118. The third-order valence-electron chi connectivity index (χ3n) is 2.75. The Hall–Kier alpha value is -1.01. The SMILES string of the molecule is NC(=O)CCCCNCC(O)COc1c(Cl)cccc1Cl. The minimum Gasteiger partial charge on any atom is -0.488 e. The standard InChI is InChI=1S/C14H20Cl2N2O3/c15-11-4-3-5-12(16)14(11)21-9-10(19)8-18-7-2-1-6-13(17)20/h3-5,10,18-19H,1-2,6-9H2,(H2,17,20). The van der Waals surface area contributed by atoms with Gasteiger partial charge in [0, 0.05) is 13.0 Å². The maximum atomic E-state index is 10.5. The minimum absolute atomic E-state index is 0.0950. The fraction of sp³-hybridized carbons (Fsp3) is 0.500. The summed E-state index contributed by atoms with van der Waals surface area (Å²) in [6.45, 7) is 1.19. The second-order valence-corrected chi connectivity index (χ2v) is 5.46. The second kappa shape index (κ2) is 9.84. The van der Waals surface area contributed by atoms with E-state index in [2.05, 4.69) is 5.32 Å². The number of carbonyl (C=O) groups is 1. The minimum atomic E-state index is -0.673. The van der Waals surface area contributed by atoms with E-state index in [1.165, 1.54) is 0 Å². The highest BCUT2D eigenvalue weighted by Crippen LogP contribution is 2.32. The van der Waals surface area contributed by atoms with E-state index in [4.69, 9.17) is 33.7 Å². The molecule has 1 unspecified atom stereocenters. The molecule has 0 saturated carbocycles. The molecule has 21 heavy (non-hydrogen) atoms. The molecule has 4 N–H and O–H groups in total. The summed E-state index contributed by atoms with van der Waals surface area (Å²) in [7, 11) is 0. The van der Waals surface area contributed by atoms with Gasteiger partial charge >= 0.3 is 0 Å². The highest BCUT2D eigenvalue weighted by Gasteiger charge is 2.10. The van der Waals surface area contributed by atoms with Crippen molar-refractivity contribution in [2.45, 2.75) is 25.4 Å². The number of ether oxygens (including phenoxy) is 1. The van der Waals surface area contributed by atoms with Crippen molar-refractivity contribution in [1.82, 2.24) is 5.32 Å². The zero-order valence-electron chi connectivity index (χ0n) is 11.6. The van der Waals surface area contributed by atoms with E-state index in [-0.39, 0.29) is 12.5 Å². The molecule has 7 heteroatoms. The number of hydrogen-bond acceptors (Lipinski definition) is 4. The number of halogens is 2. The van der Waals surface area contributed by atoms with Crippen LogP contribution < -0.4 is 15.8 Å². The van der Waals surface area contributed by atoms with Crippen molar-refractivity contribution in [2.75, 3.05) is 19.7 Å². The number of carbonyl (C=O) groups excluding carboxylic acids is 1. The van der Waals surface area contributed by atoms with Crippen LogP contribution >= 0.6 is 23.2 Å². The van der Waals surface area contributed by atoms with Crippen molar-refractivity contribution in [3.05, 3.63) is 28.2 Å². The topological polar surface area (TPSA) is 84.6 Å². The van der Waals surface area contributed by atoms with E-state index < -0.39 is 6.10 Å². The van der Waals surface area contributed by atoms with Crippen LogP contribution in [0, 0.1) is 0 Å². The largest absolute Gasteiger partial charge is 0.488 e. The number of aliphatic hydroxyl groups is 1. The van der Waals surface area contributed by atoms with Crippen molar-refractivity contribution in [2.24, 2.45) is 5.73 Å². The van der Waals surface area contributed by atoms with Gasteiger partial charge < -0.3 is 20.9 Å². The third kappa shape index (κ3) is 7.52. The Bertz CT molecular complexity index is 438. The molecular formula is C14H20Cl2N2O3. The Morgan fingerprint density at radius 1 is 1.33 bits per heavy atom. The molecule has 1 aromatic rings. The van der Waals surface area contributed by atoms with E-state index in [0.29, 0.717) is 35.3 Å². The molecule has 0 spiro atoms. The molecule has 0 fully saturated rings. The highest BCUT2D eigenvalue weighted by atomic mass is 35.5. The number of para-hydroxylation sites is 1. The average molecular weight is 335 g/mol. The molecule has 5 nitrogen and oxygen atoms in total. The molecule has 0 aromatic heterocycles. The number of rotatable bonds is 10. The van der Waals surface area contributed by atoms with Gasteiger partial charge in [0.1, 0.15) is 12.7 Å².